The Morgan fingerprint density at radius 1 is 1.17 bits per heavy atom. The maximum absolute atomic E-state index is 13.7. The standard InChI is InChI=1S/C32H52N4O4S/c1-20-8-10-32-11-9-24(37)28(32)31(20,4)26(15-30(3,29(39)21(32)2)19-36-13-5-12-33)40-27(38)18-41-25-14-22(16-34)6-7-23(25)17-35/h6-7,14,20-21,26,28-29,36,39H,5,8-13,15-19,33-35H2,1-4H3/t20-,21+,26-,28+,29+,30-,31+,32+/m1/s1. The molecule has 4 rings (SSSR count). The predicted octanol–water partition coefficient (Wildman–Crippen LogP) is 3.36. The van der Waals surface area contributed by atoms with Crippen LogP contribution in [0.3, 0.4) is 0 Å². The molecule has 0 heterocycles. The van der Waals surface area contributed by atoms with Gasteiger partial charge in [-0.15, -0.1) is 11.8 Å². The van der Waals surface area contributed by atoms with Crippen molar-refractivity contribution in [3.05, 3.63) is 29.3 Å². The van der Waals surface area contributed by atoms with E-state index in [1.165, 1.54) is 11.8 Å². The van der Waals surface area contributed by atoms with Gasteiger partial charge in [0.2, 0.25) is 0 Å². The van der Waals surface area contributed by atoms with Gasteiger partial charge in [-0.1, -0.05) is 39.8 Å². The Bertz CT molecular complexity index is 1100. The van der Waals surface area contributed by atoms with Gasteiger partial charge in [0.1, 0.15) is 11.9 Å². The summed E-state index contributed by atoms with van der Waals surface area (Å²) >= 11 is 1.42. The second-order valence-electron chi connectivity index (χ2n) is 13.5. The lowest BCUT2D eigenvalue weighted by Gasteiger charge is -2.62. The molecule has 0 saturated heterocycles. The predicted molar refractivity (Wildman–Crippen MR) is 164 cm³/mol. The van der Waals surface area contributed by atoms with Gasteiger partial charge in [-0.25, -0.2) is 0 Å². The summed E-state index contributed by atoms with van der Waals surface area (Å²) in [5, 5.41) is 15.5. The average Bonchev–Trinajstić information content (AvgIpc) is 3.32. The van der Waals surface area contributed by atoms with Crippen LogP contribution in [0.15, 0.2) is 23.1 Å². The number of benzene rings is 1. The third-order valence-corrected chi connectivity index (χ3v) is 12.3. The van der Waals surface area contributed by atoms with Crippen LogP contribution in [0.4, 0.5) is 0 Å². The summed E-state index contributed by atoms with van der Waals surface area (Å²) < 4.78 is 6.47. The van der Waals surface area contributed by atoms with Crippen molar-refractivity contribution in [2.45, 2.75) is 96.4 Å². The number of esters is 1. The first kappa shape index (κ1) is 32.4. The minimum atomic E-state index is -0.638. The van der Waals surface area contributed by atoms with Crippen LogP contribution in [0, 0.1) is 34.0 Å². The van der Waals surface area contributed by atoms with E-state index in [9.17, 15) is 14.7 Å². The molecule has 8 N–H and O–H groups in total. The summed E-state index contributed by atoms with van der Waals surface area (Å²) in [5.74, 6) is 0.0329. The first-order valence-electron chi connectivity index (χ1n) is 15.4. The molecule has 0 unspecified atom stereocenters. The molecule has 0 aromatic heterocycles. The number of carbonyl (C=O) groups excluding carboxylic acids is 2. The fourth-order valence-electron chi connectivity index (χ4n) is 8.49. The van der Waals surface area contributed by atoms with Gasteiger partial charge in [-0.2, -0.15) is 0 Å². The van der Waals surface area contributed by atoms with Gasteiger partial charge in [-0.3, -0.25) is 9.59 Å². The minimum Gasteiger partial charge on any atom is -0.461 e. The Labute approximate surface area is 250 Å². The van der Waals surface area contributed by atoms with Crippen LogP contribution in [-0.4, -0.2) is 54.5 Å². The molecule has 8 nitrogen and oxygen atoms in total. The normalized spacial score (nSPS) is 36.9. The van der Waals surface area contributed by atoms with Crippen molar-refractivity contribution in [3.8, 4) is 0 Å². The van der Waals surface area contributed by atoms with E-state index in [4.69, 9.17) is 21.9 Å². The van der Waals surface area contributed by atoms with Crippen LogP contribution in [-0.2, 0) is 27.4 Å². The lowest BCUT2D eigenvalue weighted by molar-refractivity contribution is -0.210. The van der Waals surface area contributed by atoms with E-state index in [-0.39, 0.29) is 40.7 Å². The van der Waals surface area contributed by atoms with Crippen LogP contribution in [0.2, 0.25) is 0 Å². The molecule has 41 heavy (non-hydrogen) atoms. The van der Waals surface area contributed by atoms with E-state index in [1.54, 1.807) is 0 Å². The zero-order chi connectivity index (χ0) is 30.0. The molecule has 9 heteroatoms. The highest BCUT2D eigenvalue weighted by Gasteiger charge is 2.68. The summed E-state index contributed by atoms with van der Waals surface area (Å²) in [4.78, 5) is 28.2. The summed E-state index contributed by atoms with van der Waals surface area (Å²) in [5.41, 5.74) is 18.2. The topological polar surface area (TPSA) is 154 Å². The number of nitrogens with one attached hydrogen (secondary N) is 1. The Balaban J connectivity index is 1.66. The molecule has 0 aliphatic heterocycles. The second-order valence-corrected chi connectivity index (χ2v) is 14.5. The molecule has 3 fully saturated rings. The molecule has 3 aliphatic rings. The highest BCUT2D eigenvalue weighted by atomic mass is 32.2. The van der Waals surface area contributed by atoms with E-state index < -0.39 is 23.0 Å². The van der Waals surface area contributed by atoms with Crippen molar-refractivity contribution in [2.24, 2.45) is 51.2 Å². The molecule has 1 aromatic carbocycles. The van der Waals surface area contributed by atoms with Crippen LogP contribution in [0.5, 0.6) is 0 Å². The van der Waals surface area contributed by atoms with E-state index in [0.29, 0.717) is 39.0 Å². The molecule has 0 radical (unpaired) electrons. The molecule has 1 aromatic rings. The largest absolute Gasteiger partial charge is 0.461 e. The van der Waals surface area contributed by atoms with Crippen LogP contribution < -0.4 is 22.5 Å². The number of ketones is 1. The maximum Gasteiger partial charge on any atom is 0.316 e. The number of aliphatic hydroxyl groups excluding tert-OH is 1. The number of rotatable bonds is 11. The highest BCUT2D eigenvalue weighted by molar-refractivity contribution is 8.00. The van der Waals surface area contributed by atoms with Crippen molar-refractivity contribution in [2.75, 3.05) is 25.4 Å². The number of aliphatic hydroxyl groups is 1. The first-order valence-corrected chi connectivity index (χ1v) is 16.4. The third-order valence-electron chi connectivity index (χ3n) is 11.2. The number of hydrogen-bond donors (Lipinski definition) is 5. The van der Waals surface area contributed by atoms with Crippen molar-refractivity contribution in [1.29, 1.82) is 0 Å². The SMILES string of the molecule is C[C@@H]1CC[C@@]23CCC(=O)[C@H]2[C@]1(C)[C@H](OC(=O)CSc1cc(CN)ccc1CN)C[C@](C)(CNCCCN)[C@@H](O)[C@@H]3C. The molecule has 3 saturated carbocycles. The third kappa shape index (κ3) is 6.00. The van der Waals surface area contributed by atoms with Crippen molar-refractivity contribution >= 4 is 23.5 Å². The minimum absolute atomic E-state index is 0.0382. The Morgan fingerprint density at radius 2 is 1.93 bits per heavy atom. The van der Waals surface area contributed by atoms with E-state index >= 15 is 0 Å². The van der Waals surface area contributed by atoms with Gasteiger partial charge in [0.05, 0.1) is 11.9 Å². The average molecular weight is 589 g/mol. The fourth-order valence-corrected chi connectivity index (χ4v) is 9.40. The van der Waals surface area contributed by atoms with Crippen molar-refractivity contribution in [1.82, 2.24) is 5.32 Å². The summed E-state index contributed by atoms with van der Waals surface area (Å²) in [6, 6.07) is 5.92. The van der Waals surface area contributed by atoms with E-state index in [0.717, 1.165) is 48.3 Å². The molecule has 230 valence electrons. The molecular weight excluding hydrogens is 536 g/mol. The second kappa shape index (κ2) is 13.0. The van der Waals surface area contributed by atoms with Gasteiger partial charge < -0.3 is 32.4 Å². The number of carbonyl (C=O) groups is 2. The van der Waals surface area contributed by atoms with Crippen LogP contribution in [0.25, 0.3) is 0 Å². The quantitative estimate of drug-likeness (QED) is 0.149. The van der Waals surface area contributed by atoms with Crippen molar-refractivity contribution < 1.29 is 19.4 Å². The van der Waals surface area contributed by atoms with Gasteiger partial charge in [0, 0.05) is 47.7 Å². The highest BCUT2D eigenvalue weighted by Crippen LogP contribution is 2.67. The molecule has 2 bridgehead atoms. The number of nitrogens with two attached hydrogens (primary N) is 3. The zero-order valence-electron chi connectivity index (χ0n) is 25.4. The van der Waals surface area contributed by atoms with Gasteiger partial charge in [0.15, 0.2) is 0 Å². The summed E-state index contributed by atoms with van der Waals surface area (Å²) in [7, 11) is 0. The number of Topliss-reactive ketones (excluding diaryl/α,β-unsaturated/α-hetero) is 1. The Kier molecular flexibility index (Phi) is 10.3. The van der Waals surface area contributed by atoms with Gasteiger partial charge >= 0.3 is 5.97 Å². The lowest BCUT2D eigenvalue weighted by Crippen LogP contribution is -2.64. The smallest absolute Gasteiger partial charge is 0.316 e. The fraction of sp³-hybridized carbons (Fsp3) is 0.750. The Morgan fingerprint density at radius 3 is 2.61 bits per heavy atom. The monoisotopic (exact) mass is 588 g/mol. The number of hydrogen-bond acceptors (Lipinski definition) is 9. The summed E-state index contributed by atoms with van der Waals surface area (Å²) in [6.45, 7) is 11.4. The van der Waals surface area contributed by atoms with Crippen molar-refractivity contribution in [3.63, 3.8) is 0 Å². The molecule has 8 atom stereocenters. The van der Waals surface area contributed by atoms with Crippen LogP contribution in [0.1, 0.15) is 77.3 Å². The summed E-state index contributed by atoms with van der Waals surface area (Å²) in [6.07, 6.45) is 3.41. The van der Waals surface area contributed by atoms with E-state index in [1.807, 2.05) is 18.2 Å². The first-order chi connectivity index (χ1) is 19.5. The maximum atomic E-state index is 13.7. The van der Waals surface area contributed by atoms with E-state index in [2.05, 4.69) is 33.0 Å². The zero-order valence-corrected chi connectivity index (χ0v) is 26.2. The number of thioether (sulfide) groups is 1. The van der Waals surface area contributed by atoms with Crippen LogP contribution >= 0.6 is 11.8 Å². The molecule has 0 amide bonds. The van der Waals surface area contributed by atoms with Gasteiger partial charge in [-0.05, 0) is 79.6 Å². The molecule has 3 aliphatic carbocycles. The lowest BCUT2D eigenvalue weighted by atomic mass is 9.44. The Hall–Kier alpha value is -1.49. The number of ether oxygens (including phenoxy) is 1. The van der Waals surface area contributed by atoms with Gasteiger partial charge in [0.25, 0.3) is 0 Å². The molecule has 0 spiro atoms. The molecular formula is C32H52N4O4S.